The second-order valence-electron chi connectivity index (χ2n) is 11.3. The predicted molar refractivity (Wildman–Crippen MR) is 132 cm³/mol. The van der Waals surface area contributed by atoms with Crippen LogP contribution in [0.1, 0.15) is 47.5 Å². The fraction of sp³-hybridized carbons (Fsp3) is 0.720. The third-order valence-electron chi connectivity index (χ3n) is 8.22. The molecular weight excluding hydrogens is 452 g/mol. The molecule has 2 fully saturated rings. The van der Waals surface area contributed by atoms with Crippen LogP contribution in [0.4, 0.5) is 4.79 Å². The second kappa shape index (κ2) is 9.49. The number of rotatable bonds is 7. The highest BCUT2D eigenvalue weighted by Crippen LogP contribution is 2.52. The van der Waals surface area contributed by atoms with Gasteiger partial charge in [-0.2, -0.15) is 0 Å². The maximum atomic E-state index is 13.2. The molecule has 0 aromatic heterocycles. The molecule has 0 radical (unpaired) electrons. The number of hydrogen-bond acceptors (Lipinski definition) is 5. The number of ether oxygens (including phenoxy) is 1. The van der Waals surface area contributed by atoms with Gasteiger partial charge in [-0.3, -0.25) is 4.79 Å². The largest absolute Gasteiger partial charge is 0.477 e. The summed E-state index contributed by atoms with van der Waals surface area (Å²) < 4.78 is 11.7. The summed E-state index contributed by atoms with van der Waals surface area (Å²) in [6.07, 6.45) is 2.18. The molecule has 3 aliphatic heterocycles. The molecule has 3 heterocycles. The molecule has 8 nitrogen and oxygen atoms in total. The zero-order valence-corrected chi connectivity index (χ0v) is 22.6. The van der Waals surface area contributed by atoms with Crippen LogP contribution in [0.15, 0.2) is 23.9 Å². The van der Waals surface area contributed by atoms with Gasteiger partial charge in [0.1, 0.15) is 12.3 Å². The lowest BCUT2D eigenvalue weighted by atomic mass is 9.74. The molecule has 9 heteroatoms. The van der Waals surface area contributed by atoms with Crippen LogP contribution in [0.5, 0.6) is 0 Å². The zero-order chi connectivity index (χ0) is 25.6. The second-order valence-corrected chi connectivity index (χ2v) is 16.1. The average Bonchev–Trinajstić information content (AvgIpc) is 2.99. The predicted octanol–water partition coefficient (Wildman–Crippen LogP) is 4.25. The molecular formula is C25H40N2O6Si. The summed E-state index contributed by atoms with van der Waals surface area (Å²) in [5, 5.41) is 10.1. The lowest BCUT2D eigenvalue weighted by Crippen LogP contribution is -2.65. The van der Waals surface area contributed by atoms with Crippen molar-refractivity contribution in [3.8, 4) is 0 Å². The molecule has 2 saturated heterocycles. The molecule has 3 aliphatic rings. The van der Waals surface area contributed by atoms with Gasteiger partial charge in [-0.15, -0.1) is 0 Å². The standard InChI is InChI=1S/C25H40N2O6Si/c1-9-14-32-24(31)26-12-10-17(11-13-26)18-15(2)20-19(22(28)27(20)21(18)23(29)30)16(3)33-34(7,8)25(4,5)6/h9,15-17,19-20H,1,10-14H2,2-8H3,(H,29,30)/t15?,16-,19-,20-/m1/s1. The van der Waals surface area contributed by atoms with E-state index in [2.05, 4.69) is 40.4 Å². The number of fused-ring (bicyclic) bond motifs is 1. The number of aliphatic carboxylic acids is 1. The van der Waals surface area contributed by atoms with Gasteiger partial charge in [0.25, 0.3) is 0 Å². The summed E-state index contributed by atoms with van der Waals surface area (Å²) in [7, 11) is -2.08. The Morgan fingerprint density at radius 1 is 1.26 bits per heavy atom. The number of nitrogens with zero attached hydrogens (tertiary/aromatic N) is 2. The van der Waals surface area contributed by atoms with Crippen LogP contribution in [-0.4, -0.2) is 73.0 Å². The minimum Gasteiger partial charge on any atom is -0.477 e. The van der Waals surface area contributed by atoms with E-state index in [1.807, 2.05) is 13.8 Å². The number of carboxylic acids is 1. The van der Waals surface area contributed by atoms with Crippen LogP contribution in [-0.2, 0) is 18.8 Å². The van der Waals surface area contributed by atoms with E-state index in [-0.39, 0.29) is 59.2 Å². The van der Waals surface area contributed by atoms with Gasteiger partial charge >= 0.3 is 12.1 Å². The monoisotopic (exact) mass is 492 g/mol. The van der Waals surface area contributed by atoms with Gasteiger partial charge < -0.3 is 24.1 Å². The summed E-state index contributed by atoms with van der Waals surface area (Å²) in [6.45, 7) is 19.5. The van der Waals surface area contributed by atoms with Crippen LogP contribution >= 0.6 is 0 Å². The summed E-state index contributed by atoms with van der Waals surface area (Å²) in [5.41, 5.74) is 0.984. The highest BCUT2D eigenvalue weighted by Gasteiger charge is 2.61. The van der Waals surface area contributed by atoms with Gasteiger partial charge in [0.05, 0.1) is 18.1 Å². The van der Waals surface area contributed by atoms with Crippen molar-refractivity contribution >= 4 is 26.3 Å². The van der Waals surface area contributed by atoms with Crippen molar-refractivity contribution in [2.45, 2.75) is 77.7 Å². The quantitative estimate of drug-likeness (QED) is 0.324. The van der Waals surface area contributed by atoms with Crippen LogP contribution in [0.3, 0.4) is 0 Å². The molecule has 3 rings (SSSR count). The fourth-order valence-corrected chi connectivity index (χ4v) is 6.87. The van der Waals surface area contributed by atoms with Gasteiger partial charge in [0.2, 0.25) is 5.91 Å². The maximum Gasteiger partial charge on any atom is 0.410 e. The van der Waals surface area contributed by atoms with Crippen molar-refractivity contribution in [1.82, 2.24) is 9.80 Å². The molecule has 0 aromatic rings. The van der Waals surface area contributed by atoms with Crippen LogP contribution in [0, 0.1) is 17.8 Å². The van der Waals surface area contributed by atoms with E-state index in [0.717, 1.165) is 5.57 Å². The van der Waals surface area contributed by atoms with Crippen molar-refractivity contribution in [3.05, 3.63) is 23.9 Å². The number of β-lactam (4-membered cyclic amide) rings is 1. The third-order valence-corrected chi connectivity index (χ3v) is 12.8. The van der Waals surface area contributed by atoms with E-state index in [1.165, 1.54) is 11.0 Å². The number of likely N-dealkylation sites (tertiary alicyclic amines) is 1. The van der Waals surface area contributed by atoms with E-state index < -0.39 is 14.3 Å². The molecule has 1 unspecified atom stereocenters. The lowest BCUT2D eigenvalue weighted by Gasteiger charge is -2.50. The Morgan fingerprint density at radius 3 is 2.35 bits per heavy atom. The van der Waals surface area contributed by atoms with Gasteiger partial charge in [0, 0.05) is 19.0 Å². The minimum absolute atomic E-state index is 0.0141. The smallest absolute Gasteiger partial charge is 0.410 e. The summed E-state index contributed by atoms with van der Waals surface area (Å²) in [6, 6.07) is -0.191. The lowest BCUT2D eigenvalue weighted by molar-refractivity contribution is -0.162. The maximum absolute atomic E-state index is 13.2. The number of carbonyl (C=O) groups excluding carboxylic acids is 2. The van der Waals surface area contributed by atoms with Crippen molar-refractivity contribution < 1.29 is 28.7 Å². The molecule has 190 valence electrons. The van der Waals surface area contributed by atoms with E-state index in [1.54, 1.807) is 4.90 Å². The van der Waals surface area contributed by atoms with E-state index in [9.17, 15) is 19.5 Å². The Labute approximate surface area is 204 Å². The molecule has 0 aromatic carbocycles. The van der Waals surface area contributed by atoms with Crippen molar-refractivity contribution in [2.24, 2.45) is 17.8 Å². The zero-order valence-electron chi connectivity index (χ0n) is 21.6. The Balaban J connectivity index is 1.76. The number of carbonyl (C=O) groups is 3. The van der Waals surface area contributed by atoms with Crippen molar-refractivity contribution in [3.63, 3.8) is 0 Å². The first-order valence-corrected chi connectivity index (χ1v) is 15.1. The molecule has 0 saturated carbocycles. The summed E-state index contributed by atoms with van der Waals surface area (Å²) >= 11 is 0. The fourth-order valence-electron chi connectivity index (χ4n) is 5.44. The van der Waals surface area contributed by atoms with Crippen molar-refractivity contribution in [2.75, 3.05) is 19.7 Å². The number of piperidine rings is 1. The number of carboxylic acid groups (broad SMARTS) is 1. The van der Waals surface area contributed by atoms with Crippen molar-refractivity contribution in [1.29, 1.82) is 0 Å². The summed E-state index contributed by atoms with van der Waals surface area (Å²) in [4.78, 5) is 40.9. The first-order chi connectivity index (χ1) is 15.7. The van der Waals surface area contributed by atoms with Crippen LogP contribution in [0.2, 0.25) is 18.1 Å². The first-order valence-electron chi connectivity index (χ1n) is 12.2. The van der Waals surface area contributed by atoms with Gasteiger partial charge in [-0.1, -0.05) is 40.3 Å². The molecule has 1 N–H and O–H groups in total. The van der Waals surface area contributed by atoms with Gasteiger partial charge in [-0.25, -0.2) is 9.59 Å². The Kier molecular flexibility index (Phi) is 7.39. The van der Waals surface area contributed by atoms with Crippen LogP contribution < -0.4 is 0 Å². The molecule has 34 heavy (non-hydrogen) atoms. The molecule has 0 spiro atoms. The summed E-state index contributed by atoms with van der Waals surface area (Å²) in [5.74, 6) is -1.60. The Bertz CT molecular complexity index is 884. The van der Waals surface area contributed by atoms with Gasteiger partial charge in [-0.05, 0) is 49.4 Å². The number of amides is 2. The third kappa shape index (κ3) is 4.56. The highest BCUT2D eigenvalue weighted by molar-refractivity contribution is 6.74. The number of hydrogen-bond donors (Lipinski definition) is 1. The Hall–Kier alpha value is -2.13. The van der Waals surface area contributed by atoms with E-state index in [4.69, 9.17) is 9.16 Å². The highest BCUT2D eigenvalue weighted by atomic mass is 28.4. The normalized spacial score (nSPS) is 26.8. The minimum atomic E-state index is -2.08. The Morgan fingerprint density at radius 2 is 1.85 bits per heavy atom. The van der Waals surface area contributed by atoms with E-state index in [0.29, 0.717) is 25.9 Å². The van der Waals surface area contributed by atoms with Gasteiger partial charge in [0.15, 0.2) is 8.32 Å². The molecule has 0 aliphatic carbocycles. The first kappa shape index (κ1) is 26.5. The SMILES string of the molecule is C=CCOC(=O)N1CCC(C2=C(C(=O)O)N3C(=O)[C@H]([C@@H](C)O[Si](C)(C)C(C)(C)C)[C@H]3C2C)CC1. The van der Waals surface area contributed by atoms with E-state index >= 15 is 0 Å². The van der Waals surface area contributed by atoms with Crippen LogP contribution in [0.25, 0.3) is 0 Å². The topological polar surface area (TPSA) is 96.4 Å². The average molecular weight is 493 g/mol. The molecule has 4 atom stereocenters. The molecule has 0 bridgehead atoms. The molecule has 2 amide bonds.